The average Bonchev–Trinajstić information content (AvgIpc) is 3.08. The highest BCUT2D eigenvalue weighted by atomic mass is 32.2. The second kappa shape index (κ2) is 6.13. The molecule has 0 saturated heterocycles. The standard InChI is InChI=1S/C15H16N4OS/c1-10-9-13(20-11(10)2)14-17-15(19-18-14)21-8-6-12-5-3-4-7-16-12/h3-5,7,9H,6,8H2,1-2H3,(H,17,18,19). The Kier molecular flexibility index (Phi) is 4.06. The smallest absolute Gasteiger partial charge is 0.208 e. The fraction of sp³-hybridized carbons (Fsp3) is 0.267. The monoisotopic (exact) mass is 300 g/mol. The van der Waals surface area contributed by atoms with Crippen LogP contribution < -0.4 is 0 Å². The predicted molar refractivity (Wildman–Crippen MR) is 82.2 cm³/mol. The summed E-state index contributed by atoms with van der Waals surface area (Å²) in [5.41, 5.74) is 2.20. The summed E-state index contributed by atoms with van der Waals surface area (Å²) in [6.45, 7) is 3.96. The van der Waals surface area contributed by atoms with Crippen LogP contribution in [0.1, 0.15) is 17.0 Å². The van der Waals surface area contributed by atoms with Crippen LogP contribution in [0.3, 0.4) is 0 Å². The first-order valence-electron chi connectivity index (χ1n) is 6.75. The maximum absolute atomic E-state index is 5.63. The lowest BCUT2D eigenvalue weighted by molar-refractivity contribution is 0.541. The summed E-state index contributed by atoms with van der Waals surface area (Å²) >= 11 is 1.61. The Morgan fingerprint density at radius 1 is 1.29 bits per heavy atom. The molecule has 1 N–H and O–H groups in total. The highest BCUT2D eigenvalue weighted by Gasteiger charge is 2.11. The zero-order chi connectivity index (χ0) is 14.7. The molecule has 6 heteroatoms. The number of pyridine rings is 1. The number of thioether (sulfide) groups is 1. The minimum Gasteiger partial charge on any atom is -0.458 e. The fourth-order valence-corrected chi connectivity index (χ4v) is 2.66. The van der Waals surface area contributed by atoms with Crippen molar-refractivity contribution in [1.29, 1.82) is 0 Å². The third kappa shape index (κ3) is 3.33. The van der Waals surface area contributed by atoms with Crippen LogP contribution in [-0.2, 0) is 6.42 Å². The van der Waals surface area contributed by atoms with Crippen LogP contribution in [-0.4, -0.2) is 25.9 Å². The van der Waals surface area contributed by atoms with E-state index in [0.29, 0.717) is 5.82 Å². The lowest BCUT2D eigenvalue weighted by Gasteiger charge is -1.97. The topological polar surface area (TPSA) is 67.6 Å². The molecule has 0 bridgehead atoms. The van der Waals surface area contributed by atoms with Crippen molar-refractivity contribution < 1.29 is 4.42 Å². The Morgan fingerprint density at radius 2 is 2.19 bits per heavy atom. The van der Waals surface area contributed by atoms with E-state index in [1.54, 1.807) is 11.8 Å². The number of hydrogen-bond donors (Lipinski definition) is 1. The maximum atomic E-state index is 5.63. The van der Waals surface area contributed by atoms with Crippen molar-refractivity contribution in [3.05, 3.63) is 47.5 Å². The van der Waals surface area contributed by atoms with E-state index in [-0.39, 0.29) is 0 Å². The van der Waals surface area contributed by atoms with E-state index in [0.717, 1.165) is 40.1 Å². The number of hydrogen-bond acceptors (Lipinski definition) is 5. The van der Waals surface area contributed by atoms with Crippen molar-refractivity contribution in [3.8, 4) is 11.6 Å². The van der Waals surface area contributed by atoms with Crippen LogP contribution in [0.5, 0.6) is 0 Å². The molecule has 0 aliphatic heterocycles. The van der Waals surface area contributed by atoms with Crippen molar-refractivity contribution in [2.75, 3.05) is 5.75 Å². The minimum absolute atomic E-state index is 0.673. The van der Waals surface area contributed by atoms with Gasteiger partial charge in [0.25, 0.3) is 0 Å². The summed E-state index contributed by atoms with van der Waals surface area (Å²) < 4.78 is 5.63. The Labute approximate surface area is 127 Å². The summed E-state index contributed by atoms with van der Waals surface area (Å²) in [6.07, 6.45) is 2.71. The summed E-state index contributed by atoms with van der Waals surface area (Å²) in [5, 5.41) is 7.86. The van der Waals surface area contributed by atoms with Crippen LogP contribution >= 0.6 is 11.8 Å². The second-order valence-electron chi connectivity index (χ2n) is 4.74. The number of nitrogens with one attached hydrogen (secondary N) is 1. The first-order chi connectivity index (χ1) is 10.2. The Morgan fingerprint density at radius 3 is 2.90 bits per heavy atom. The van der Waals surface area contributed by atoms with Crippen LogP contribution in [0.25, 0.3) is 11.6 Å². The molecule has 3 heterocycles. The van der Waals surface area contributed by atoms with Gasteiger partial charge >= 0.3 is 0 Å². The molecule has 108 valence electrons. The number of H-pyrrole nitrogens is 1. The van der Waals surface area contributed by atoms with Crippen molar-refractivity contribution in [2.45, 2.75) is 25.4 Å². The number of aromatic amines is 1. The van der Waals surface area contributed by atoms with E-state index in [1.165, 1.54) is 0 Å². The van der Waals surface area contributed by atoms with E-state index in [4.69, 9.17) is 4.42 Å². The summed E-state index contributed by atoms with van der Waals surface area (Å²) in [6, 6.07) is 7.92. The normalized spacial score (nSPS) is 11.0. The van der Waals surface area contributed by atoms with Crippen LogP contribution in [0.4, 0.5) is 0 Å². The van der Waals surface area contributed by atoms with Gasteiger partial charge in [-0.1, -0.05) is 17.8 Å². The largest absolute Gasteiger partial charge is 0.458 e. The molecule has 3 rings (SSSR count). The van der Waals surface area contributed by atoms with Gasteiger partial charge in [-0.25, -0.2) is 0 Å². The lowest BCUT2D eigenvalue weighted by Crippen LogP contribution is -1.91. The van der Waals surface area contributed by atoms with Gasteiger partial charge in [0, 0.05) is 17.6 Å². The molecule has 0 aliphatic carbocycles. The van der Waals surface area contributed by atoms with Gasteiger partial charge < -0.3 is 4.42 Å². The third-order valence-corrected chi connectivity index (χ3v) is 4.03. The van der Waals surface area contributed by atoms with Crippen LogP contribution in [0.15, 0.2) is 40.0 Å². The molecule has 0 atom stereocenters. The molecule has 0 aromatic carbocycles. The average molecular weight is 300 g/mol. The van der Waals surface area contributed by atoms with Gasteiger partial charge in [0.1, 0.15) is 5.76 Å². The molecule has 3 aromatic heterocycles. The minimum atomic E-state index is 0.673. The first kappa shape index (κ1) is 13.9. The first-order valence-corrected chi connectivity index (χ1v) is 7.73. The summed E-state index contributed by atoms with van der Waals surface area (Å²) in [7, 11) is 0. The molecule has 0 aliphatic rings. The van der Waals surface area contributed by atoms with Crippen molar-refractivity contribution in [1.82, 2.24) is 20.2 Å². The van der Waals surface area contributed by atoms with E-state index in [1.807, 2.05) is 44.3 Å². The van der Waals surface area contributed by atoms with E-state index in [2.05, 4.69) is 20.2 Å². The zero-order valence-electron chi connectivity index (χ0n) is 12.0. The molecule has 0 amide bonds. The second-order valence-corrected chi connectivity index (χ2v) is 5.80. The SMILES string of the molecule is Cc1cc(-c2nc(SCCc3ccccn3)n[nH]2)oc1C. The molecule has 0 spiro atoms. The van der Waals surface area contributed by atoms with E-state index < -0.39 is 0 Å². The lowest BCUT2D eigenvalue weighted by atomic mass is 10.3. The van der Waals surface area contributed by atoms with E-state index >= 15 is 0 Å². The molecule has 0 radical (unpaired) electrons. The van der Waals surface area contributed by atoms with Crippen molar-refractivity contribution >= 4 is 11.8 Å². The molecule has 0 unspecified atom stereocenters. The number of aryl methyl sites for hydroxylation is 3. The van der Waals surface area contributed by atoms with Gasteiger partial charge in [-0.2, -0.15) is 4.98 Å². The molecule has 0 fully saturated rings. The number of furan rings is 1. The molecule has 21 heavy (non-hydrogen) atoms. The number of rotatable bonds is 5. The number of nitrogens with zero attached hydrogens (tertiary/aromatic N) is 3. The zero-order valence-corrected chi connectivity index (χ0v) is 12.8. The molecular weight excluding hydrogens is 284 g/mol. The molecule has 5 nitrogen and oxygen atoms in total. The molecular formula is C15H16N4OS. The predicted octanol–water partition coefficient (Wildman–Crippen LogP) is 3.41. The van der Waals surface area contributed by atoms with Gasteiger partial charge in [-0.05, 0) is 44.0 Å². The summed E-state index contributed by atoms with van der Waals surface area (Å²) in [5.74, 6) is 3.20. The van der Waals surface area contributed by atoms with Crippen LogP contribution in [0, 0.1) is 13.8 Å². The van der Waals surface area contributed by atoms with Gasteiger partial charge in [-0.3, -0.25) is 10.1 Å². The maximum Gasteiger partial charge on any atom is 0.208 e. The Hall–Kier alpha value is -2.08. The fourth-order valence-electron chi connectivity index (χ4n) is 1.90. The van der Waals surface area contributed by atoms with Gasteiger partial charge in [0.05, 0.1) is 0 Å². The Balaban J connectivity index is 1.60. The highest BCUT2D eigenvalue weighted by molar-refractivity contribution is 7.99. The van der Waals surface area contributed by atoms with Crippen molar-refractivity contribution in [2.24, 2.45) is 0 Å². The van der Waals surface area contributed by atoms with Crippen LogP contribution in [0.2, 0.25) is 0 Å². The molecule has 0 saturated carbocycles. The quantitative estimate of drug-likeness (QED) is 0.731. The Bertz CT molecular complexity index is 701. The van der Waals surface area contributed by atoms with Gasteiger partial charge in [-0.15, -0.1) is 5.10 Å². The van der Waals surface area contributed by atoms with E-state index in [9.17, 15) is 0 Å². The molecule has 3 aromatic rings. The summed E-state index contributed by atoms with van der Waals surface area (Å²) in [4.78, 5) is 8.75. The number of aromatic nitrogens is 4. The third-order valence-electron chi connectivity index (χ3n) is 3.18. The highest BCUT2D eigenvalue weighted by Crippen LogP contribution is 2.23. The van der Waals surface area contributed by atoms with Crippen molar-refractivity contribution in [3.63, 3.8) is 0 Å². The van der Waals surface area contributed by atoms with Gasteiger partial charge in [0.15, 0.2) is 11.6 Å². The van der Waals surface area contributed by atoms with Gasteiger partial charge in [0.2, 0.25) is 5.16 Å².